The molecule has 0 saturated carbocycles. The van der Waals surface area contributed by atoms with E-state index in [4.69, 9.17) is 15.2 Å². The summed E-state index contributed by atoms with van der Waals surface area (Å²) in [7, 11) is 5.77. The Morgan fingerprint density at radius 2 is 1.95 bits per heavy atom. The molecule has 1 aromatic rings. The molecule has 1 aromatic carbocycles. The number of likely N-dealkylation sites (N-methyl/N-ethyl adjacent to an activating group) is 1. The Balaban J connectivity index is 2.04. The van der Waals surface area contributed by atoms with Gasteiger partial charge in [-0.1, -0.05) is 12.1 Å². The first-order valence-corrected chi connectivity index (χ1v) is 7.55. The van der Waals surface area contributed by atoms with Gasteiger partial charge in [0, 0.05) is 13.1 Å². The fourth-order valence-corrected chi connectivity index (χ4v) is 2.47. The Kier molecular flexibility index (Phi) is 6.03. The lowest BCUT2D eigenvalue weighted by molar-refractivity contribution is 0.0673. The molecule has 1 aliphatic heterocycles. The number of ether oxygens (including phenoxy) is 2. The van der Waals surface area contributed by atoms with E-state index in [1.807, 2.05) is 12.1 Å². The Hall–Kier alpha value is -1.79. The molecule has 0 aliphatic carbocycles. The minimum atomic E-state index is 0.186. The van der Waals surface area contributed by atoms with E-state index in [1.54, 1.807) is 7.11 Å². The zero-order valence-electron chi connectivity index (χ0n) is 13.7. The van der Waals surface area contributed by atoms with Crippen molar-refractivity contribution in [1.29, 1.82) is 0 Å². The fraction of sp³-hybridized carbons (Fsp3) is 0.562. The van der Waals surface area contributed by atoms with Gasteiger partial charge in [0.15, 0.2) is 5.96 Å². The van der Waals surface area contributed by atoms with Crippen LogP contribution in [0.4, 0.5) is 0 Å². The Morgan fingerprint density at radius 3 is 2.50 bits per heavy atom. The van der Waals surface area contributed by atoms with Gasteiger partial charge in [-0.2, -0.15) is 0 Å². The number of hydrogen-bond donors (Lipinski definition) is 1. The van der Waals surface area contributed by atoms with Gasteiger partial charge in [0.25, 0.3) is 0 Å². The van der Waals surface area contributed by atoms with Gasteiger partial charge in [-0.3, -0.25) is 4.99 Å². The van der Waals surface area contributed by atoms with Gasteiger partial charge in [-0.05, 0) is 31.8 Å². The zero-order valence-corrected chi connectivity index (χ0v) is 13.7. The summed E-state index contributed by atoms with van der Waals surface area (Å²) in [6, 6.07) is 8.28. The minimum Gasteiger partial charge on any atom is -0.497 e. The highest BCUT2D eigenvalue weighted by Crippen LogP contribution is 2.21. The number of aliphatic imine (C=N–C) groups is 1. The molecule has 122 valence electrons. The van der Waals surface area contributed by atoms with Crippen LogP contribution in [-0.4, -0.2) is 69.8 Å². The molecule has 0 amide bonds. The highest BCUT2D eigenvalue weighted by Gasteiger charge is 2.16. The smallest absolute Gasteiger partial charge is 0.191 e. The molecule has 0 bridgehead atoms. The molecule has 0 spiro atoms. The van der Waals surface area contributed by atoms with Gasteiger partial charge < -0.3 is 25.0 Å². The third-order valence-corrected chi connectivity index (χ3v) is 3.89. The van der Waals surface area contributed by atoms with E-state index in [2.05, 4.69) is 41.0 Å². The van der Waals surface area contributed by atoms with Crippen LogP contribution in [0.5, 0.6) is 5.75 Å². The van der Waals surface area contributed by atoms with Gasteiger partial charge in [-0.15, -0.1) is 0 Å². The normalized spacial score (nSPS) is 17.6. The fourth-order valence-electron chi connectivity index (χ4n) is 2.47. The molecule has 6 nitrogen and oxygen atoms in total. The van der Waals surface area contributed by atoms with E-state index < -0.39 is 0 Å². The van der Waals surface area contributed by atoms with Gasteiger partial charge in [0.05, 0.1) is 32.9 Å². The number of nitrogens with two attached hydrogens (primary N) is 1. The van der Waals surface area contributed by atoms with Crippen LogP contribution in [0, 0.1) is 0 Å². The van der Waals surface area contributed by atoms with Gasteiger partial charge in [0.1, 0.15) is 5.75 Å². The molecule has 1 aliphatic rings. The summed E-state index contributed by atoms with van der Waals surface area (Å²) in [6.45, 7) is 3.68. The average molecular weight is 306 g/mol. The minimum absolute atomic E-state index is 0.186. The summed E-state index contributed by atoms with van der Waals surface area (Å²) in [6.07, 6.45) is 0. The van der Waals surface area contributed by atoms with Crippen LogP contribution < -0.4 is 10.5 Å². The summed E-state index contributed by atoms with van der Waals surface area (Å²) >= 11 is 0. The molecular weight excluding hydrogens is 280 g/mol. The van der Waals surface area contributed by atoms with E-state index in [1.165, 1.54) is 5.56 Å². The average Bonchev–Trinajstić information content (AvgIpc) is 2.56. The lowest BCUT2D eigenvalue weighted by Crippen LogP contribution is -2.45. The first-order valence-electron chi connectivity index (χ1n) is 7.55. The van der Waals surface area contributed by atoms with Crippen molar-refractivity contribution in [1.82, 2.24) is 9.80 Å². The number of hydrogen-bond acceptors (Lipinski definition) is 4. The molecule has 1 fully saturated rings. The maximum absolute atomic E-state index is 6.10. The Bertz CT molecular complexity index is 481. The maximum Gasteiger partial charge on any atom is 0.191 e. The van der Waals surface area contributed by atoms with Crippen molar-refractivity contribution >= 4 is 5.96 Å². The monoisotopic (exact) mass is 306 g/mol. The van der Waals surface area contributed by atoms with Crippen LogP contribution in [0.1, 0.15) is 11.6 Å². The molecule has 1 heterocycles. The summed E-state index contributed by atoms with van der Waals surface area (Å²) < 4.78 is 10.5. The van der Waals surface area contributed by atoms with Crippen molar-refractivity contribution in [2.24, 2.45) is 10.7 Å². The summed E-state index contributed by atoms with van der Waals surface area (Å²) in [5.41, 5.74) is 7.30. The standard InChI is InChI=1S/C16H26N4O2/c1-19(2)15(13-4-6-14(21-3)7-5-13)12-18-16(17)20-8-10-22-11-9-20/h4-7,15H,8-12H2,1-3H3,(H2,17,18). The van der Waals surface area contributed by atoms with Crippen LogP contribution in [-0.2, 0) is 4.74 Å². The predicted octanol–water partition coefficient (Wildman–Crippen LogP) is 0.945. The summed E-state index contributed by atoms with van der Waals surface area (Å²) in [5, 5.41) is 0. The maximum atomic E-state index is 6.10. The molecule has 6 heteroatoms. The molecule has 0 aromatic heterocycles. The summed E-state index contributed by atoms with van der Waals surface area (Å²) in [5.74, 6) is 1.46. The second-order valence-corrected chi connectivity index (χ2v) is 5.55. The number of benzene rings is 1. The molecule has 1 unspecified atom stereocenters. The Labute approximate surface area is 132 Å². The SMILES string of the molecule is COc1ccc(C(CN=C(N)N2CCOCC2)N(C)C)cc1. The summed E-state index contributed by atoms with van der Waals surface area (Å²) in [4.78, 5) is 8.80. The van der Waals surface area contributed by atoms with Crippen molar-refractivity contribution in [3.05, 3.63) is 29.8 Å². The molecule has 2 N–H and O–H groups in total. The molecular formula is C16H26N4O2. The first kappa shape index (κ1) is 16.6. The lowest BCUT2D eigenvalue weighted by Gasteiger charge is -2.29. The van der Waals surface area contributed by atoms with E-state index in [0.717, 1.165) is 18.8 Å². The van der Waals surface area contributed by atoms with Crippen LogP contribution in [0.2, 0.25) is 0 Å². The van der Waals surface area contributed by atoms with Crippen molar-refractivity contribution in [2.45, 2.75) is 6.04 Å². The van der Waals surface area contributed by atoms with Crippen molar-refractivity contribution in [3.63, 3.8) is 0 Å². The second-order valence-electron chi connectivity index (χ2n) is 5.55. The van der Waals surface area contributed by atoms with Gasteiger partial charge in [0.2, 0.25) is 0 Å². The number of methoxy groups -OCH3 is 1. The van der Waals surface area contributed by atoms with E-state index in [0.29, 0.717) is 25.7 Å². The van der Waals surface area contributed by atoms with E-state index in [9.17, 15) is 0 Å². The van der Waals surface area contributed by atoms with Crippen LogP contribution in [0.25, 0.3) is 0 Å². The van der Waals surface area contributed by atoms with Crippen molar-refractivity contribution in [2.75, 3.05) is 54.1 Å². The predicted molar refractivity (Wildman–Crippen MR) is 88.3 cm³/mol. The van der Waals surface area contributed by atoms with E-state index in [-0.39, 0.29) is 6.04 Å². The number of guanidine groups is 1. The van der Waals surface area contributed by atoms with E-state index >= 15 is 0 Å². The van der Waals surface area contributed by atoms with Crippen LogP contribution >= 0.6 is 0 Å². The second kappa shape index (κ2) is 8.00. The molecule has 1 saturated heterocycles. The topological polar surface area (TPSA) is 63.3 Å². The molecule has 2 rings (SSSR count). The lowest BCUT2D eigenvalue weighted by atomic mass is 10.1. The van der Waals surface area contributed by atoms with Crippen LogP contribution in [0.3, 0.4) is 0 Å². The first-order chi connectivity index (χ1) is 10.6. The zero-order chi connectivity index (χ0) is 15.9. The molecule has 0 radical (unpaired) electrons. The number of morpholine rings is 1. The number of rotatable bonds is 5. The quantitative estimate of drug-likeness (QED) is 0.648. The van der Waals surface area contributed by atoms with Crippen molar-refractivity contribution in [3.8, 4) is 5.75 Å². The number of nitrogens with zero attached hydrogens (tertiary/aromatic N) is 3. The largest absolute Gasteiger partial charge is 0.497 e. The highest BCUT2D eigenvalue weighted by molar-refractivity contribution is 5.78. The Morgan fingerprint density at radius 1 is 1.32 bits per heavy atom. The highest BCUT2D eigenvalue weighted by atomic mass is 16.5. The van der Waals surface area contributed by atoms with Gasteiger partial charge in [-0.25, -0.2) is 0 Å². The third kappa shape index (κ3) is 4.35. The molecule has 22 heavy (non-hydrogen) atoms. The third-order valence-electron chi connectivity index (χ3n) is 3.89. The molecule has 1 atom stereocenters. The van der Waals surface area contributed by atoms with Crippen molar-refractivity contribution < 1.29 is 9.47 Å². The van der Waals surface area contributed by atoms with Crippen LogP contribution in [0.15, 0.2) is 29.3 Å². The van der Waals surface area contributed by atoms with Gasteiger partial charge >= 0.3 is 0 Å².